The zero-order valence-corrected chi connectivity index (χ0v) is 16.9. The summed E-state index contributed by atoms with van der Waals surface area (Å²) in [4.78, 5) is 20.5. The summed E-state index contributed by atoms with van der Waals surface area (Å²) in [5, 5.41) is 4.08. The molecule has 3 heterocycles. The molecule has 1 atom stereocenters. The second kappa shape index (κ2) is 8.71. The molecular weight excluding hydrogens is 370 g/mol. The topological polar surface area (TPSA) is 58.4 Å². The minimum atomic E-state index is -0.0509. The predicted molar refractivity (Wildman–Crippen MR) is 111 cm³/mol. The average Bonchev–Trinajstić information content (AvgIpc) is 3.45. The molecule has 146 valence electrons. The Morgan fingerprint density at radius 3 is 2.71 bits per heavy atom. The van der Waals surface area contributed by atoms with Crippen LogP contribution in [0.2, 0.25) is 0 Å². The first kappa shape index (κ1) is 18.9. The molecule has 1 fully saturated rings. The van der Waals surface area contributed by atoms with Crippen molar-refractivity contribution in [3.63, 3.8) is 0 Å². The molecule has 1 aliphatic heterocycles. The lowest BCUT2D eigenvalue weighted by molar-refractivity contribution is 0.0937. The van der Waals surface area contributed by atoms with Gasteiger partial charge < -0.3 is 9.73 Å². The molecule has 1 saturated heterocycles. The molecule has 0 aliphatic carbocycles. The highest BCUT2D eigenvalue weighted by molar-refractivity contribution is 7.13. The second-order valence-electron chi connectivity index (χ2n) is 7.17. The van der Waals surface area contributed by atoms with Gasteiger partial charge in [-0.3, -0.25) is 9.69 Å². The van der Waals surface area contributed by atoms with Crippen molar-refractivity contribution in [2.75, 3.05) is 19.6 Å². The highest BCUT2D eigenvalue weighted by Crippen LogP contribution is 2.26. The zero-order valence-electron chi connectivity index (χ0n) is 16.1. The molecule has 4 rings (SSSR count). The van der Waals surface area contributed by atoms with Gasteiger partial charge in [-0.15, -0.1) is 11.3 Å². The van der Waals surface area contributed by atoms with Crippen LogP contribution in [0.25, 0.3) is 0 Å². The second-order valence-corrected chi connectivity index (χ2v) is 8.25. The maximum Gasteiger partial charge on any atom is 0.263 e. The van der Waals surface area contributed by atoms with Crippen molar-refractivity contribution in [2.24, 2.45) is 0 Å². The van der Waals surface area contributed by atoms with E-state index in [-0.39, 0.29) is 11.9 Å². The van der Waals surface area contributed by atoms with Gasteiger partial charge in [0.2, 0.25) is 0 Å². The van der Waals surface area contributed by atoms with Crippen molar-refractivity contribution >= 4 is 17.2 Å². The Morgan fingerprint density at radius 2 is 2.00 bits per heavy atom. The average molecular weight is 396 g/mol. The molecule has 1 aromatic carbocycles. The van der Waals surface area contributed by atoms with E-state index in [1.807, 2.05) is 37.3 Å². The number of aromatic nitrogens is 1. The van der Waals surface area contributed by atoms with Crippen LogP contribution in [-0.2, 0) is 6.42 Å². The van der Waals surface area contributed by atoms with Gasteiger partial charge >= 0.3 is 0 Å². The molecule has 0 bridgehead atoms. The molecule has 1 amide bonds. The number of nitrogens with zero attached hydrogens (tertiary/aromatic N) is 2. The van der Waals surface area contributed by atoms with Gasteiger partial charge in [-0.2, -0.15) is 0 Å². The first-order valence-electron chi connectivity index (χ1n) is 9.76. The molecule has 3 aromatic rings. The van der Waals surface area contributed by atoms with Gasteiger partial charge in [-0.05, 0) is 50.6 Å². The highest BCUT2D eigenvalue weighted by Gasteiger charge is 2.26. The third kappa shape index (κ3) is 4.34. The Morgan fingerprint density at radius 1 is 1.21 bits per heavy atom. The standard InChI is InChI=1S/C22H25N3O2S/c1-16-21(28-20(24-16)14-17-8-3-2-4-9-17)22(26)23-15-18(19-10-7-13-27-19)25-11-5-6-12-25/h2-4,7-10,13,18H,5-6,11-12,14-15H2,1H3,(H,23,26). The maximum atomic E-state index is 12.8. The number of thiazole rings is 1. The van der Waals surface area contributed by atoms with Gasteiger partial charge in [0.05, 0.1) is 23.0 Å². The molecule has 6 heteroatoms. The number of carbonyl (C=O) groups excluding carboxylic acids is 1. The van der Waals surface area contributed by atoms with Crippen LogP contribution in [0.3, 0.4) is 0 Å². The number of likely N-dealkylation sites (tertiary alicyclic amines) is 1. The third-order valence-corrected chi connectivity index (χ3v) is 6.31. The molecule has 0 radical (unpaired) electrons. The minimum absolute atomic E-state index is 0.0509. The Hall–Kier alpha value is -2.44. The van der Waals surface area contributed by atoms with Crippen molar-refractivity contribution < 1.29 is 9.21 Å². The maximum absolute atomic E-state index is 12.8. The van der Waals surface area contributed by atoms with Gasteiger partial charge in [-0.25, -0.2) is 4.98 Å². The quantitative estimate of drug-likeness (QED) is 0.651. The summed E-state index contributed by atoms with van der Waals surface area (Å²) in [7, 11) is 0. The van der Waals surface area contributed by atoms with Crippen molar-refractivity contribution in [3.8, 4) is 0 Å². The van der Waals surface area contributed by atoms with Crippen LogP contribution in [0.5, 0.6) is 0 Å². The number of nitrogens with one attached hydrogen (secondary N) is 1. The van der Waals surface area contributed by atoms with Crippen molar-refractivity contribution in [3.05, 3.63) is 75.6 Å². The fraction of sp³-hybridized carbons (Fsp3) is 0.364. The molecule has 0 saturated carbocycles. The lowest BCUT2D eigenvalue weighted by atomic mass is 10.2. The van der Waals surface area contributed by atoms with E-state index in [0.717, 1.165) is 36.0 Å². The lowest BCUT2D eigenvalue weighted by Crippen LogP contribution is -2.36. The number of amides is 1. The van der Waals surface area contributed by atoms with E-state index >= 15 is 0 Å². The molecule has 1 aliphatic rings. The Balaban J connectivity index is 1.43. The zero-order chi connectivity index (χ0) is 19.3. The van der Waals surface area contributed by atoms with E-state index in [2.05, 4.69) is 27.3 Å². The van der Waals surface area contributed by atoms with Gasteiger partial charge in [0.1, 0.15) is 10.6 Å². The first-order valence-corrected chi connectivity index (χ1v) is 10.6. The number of carbonyl (C=O) groups is 1. The van der Waals surface area contributed by atoms with Crippen LogP contribution in [-0.4, -0.2) is 35.4 Å². The number of hydrogen-bond acceptors (Lipinski definition) is 5. The van der Waals surface area contributed by atoms with Crippen LogP contribution >= 0.6 is 11.3 Å². The third-order valence-electron chi connectivity index (χ3n) is 5.15. The van der Waals surface area contributed by atoms with Gasteiger partial charge in [0.15, 0.2) is 0 Å². The largest absolute Gasteiger partial charge is 0.468 e. The van der Waals surface area contributed by atoms with Crippen LogP contribution < -0.4 is 5.32 Å². The Labute approximate surface area is 169 Å². The van der Waals surface area contributed by atoms with Crippen LogP contribution in [0.4, 0.5) is 0 Å². The van der Waals surface area contributed by atoms with E-state index in [9.17, 15) is 4.79 Å². The number of aryl methyl sites for hydroxylation is 1. The van der Waals surface area contributed by atoms with Gasteiger partial charge in [-0.1, -0.05) is 30.3 Å². The number of hydrogen-bond donors (Lipinski definition) is 1. The predicted octanol–water partition coefficient (Wildman–Crippen LogP) is 4.20. The van der Waals surface area contributed by atoms with E-state index in [0.29, 0.717) is 11.4 Å². The molecule has 0 spiro atoms. The lowest BCUT2D eigenvalue weighted by Gasteiger charge is -2.25. The summed E-state index contributed by atoms with van der Waals surface area (Å²) >= 11 is 1.48. The monoisotopic (exact) mass is 395 g/mol. The number of rotatable bonds is 7. The van der Waals surface area contributed by atoms with Crippen molar-refractivity contribution in [1.29, 1.82) is 0 Å². The molecule has 1 unspecified atom stereocenters. The van der Waals surface area contributed by atoms with E-state index < -0.39 is 0 Å². The fourth-order valence-electron chi connectivity index (χ4n) is 3.72. The van der Waals surface area contributed by atoms with Crippen LogP contribution in [0.1, 0.15) is 50.6 Å². The molecule has 1 N–H and O–H groups in total. The summed E-state index contributed by atoms with van der Waals surface area (Å²) in [6, 6.07) is 14.2. The minimum Gasteiger partial charge on any atom is -0.468 e. The van der Waals surface area contributed by atoms with E-state index in [1.165, 1.54) is 29.7 Å². The molecular formula is C22H25N3O2S. The van der Waals surface area contributed by atoms with Gasteiger partial charge in [0.25, 0.3) is 5.91 Å². The molecule has 2 aromatic heterocycles. The van der Waals surface area contributed by atoms with E-state index in [4.69, 9.17) is 4.42 Å². The van der Waals surface area contributed by atoms with Crippen molar-refractivity contribution in [2.45, 2.75) is 32.2 Å². The summed E-state index contributed by atoms with van der Waals surface area (Å²) in [6.07, 6.45) is 4.84. The Kier molecular flexibility index (Phi) is 5.88. The number of benzene rings is 1. The van der Waals surface area contributed by atoms with Crippen molar-refractivity contribution in [1.82, 2.24) is 15.2 Å². The van der Waals surface area contributed by atoms with Gasteiger partial charge in [0, 0.05) is 13.0 Å². The smallest absolute Gasteiger partial charge is 0.263 e. The first-order chi connectivity index (χ1) is 13.7. The van der Waals surface area contributed by atoms with Crippen LogP contribution in [0.15, 0.2) is 53.1 Å². The number of furan rings is 1. The Bertz CT molecular complexity index is 899. The summed E-state index contributed by atoms with van der Waals surface area (Å²) in [5.74, 6) is 0.859. The summed E-state index contributed by atoms with van der Waals surface area (Å²) in [6.45, 7) is 4.53. The molecule has 5 nitrogen and oxygen atoms in total. The molecule has 28 heavy (non-hydrogen) atoms. The van der Waals surface area contributed by atoms with Crippen LogP contribution in [0, 0.1) is 6.92 Å². The highest BCUT2D eigenvalue weighted by atomic mass is 32.1. The fourth-order valence-corrected chi connectivity index (χ4v) is 4.74. The SMILES string of the molecule is Cc1nc(Cc2ccccc2)sc1C(=O)NCC(c1ccco1)N1CCCC1. The normalized spacial score (nSPS) is 15.6. The summed E-state index contributed by atoms with van der Waals surface area (Å²) < 4.78 is 5.64. The van der Waals surface area contributed by atoms with E-state index in [1.54, 1.807) is 6.26 Å². The summed E-state index contributed by atoms with van der Waals surface area (Å²) in [5.41, 5.74) is 2.00.